The number of hydrogen-bond acceptors (Lipinski definition) is 7. The predicted octanol–water partition coefficient (Wildman–Crippen LogP) is 3.86. The molecule has 1 atom stereocenters. The van der Waals surface area contributed by atoms with Gasteiger partial charge in [0.2, 0.25) is 0 Å². The van der Waals surface area contributed by atoms with Gasteiger partial charge in [0.1, 0.15) is 0 Å². The molecule has 0 saturated heterocycles. The summed E-state index contributed by atoms with van der Waals surface area (Å²) >= 11 is 6.83. The first kappa shape index (κ1) is 26.8. The molecule has 3 aromatic rings. The monoisotopic (exact) mass is 524 g/mol. The molecule has 1 unspecified atom stereocenters. The van der Waals surface area contributed by atoms with Crippen molar-refractivity contribution in [1.82, 2.24) is 25.6 Å². The second-order valence-electron chi connectivity index (χ2n) is 9.27. The fraction of sp³-hybridized carbons (Fsp3) is 0.407. The highest BCUT2D eigenvalue weighted by molar-refractivity contribution is 6.36. The summed E-state index contributed by atoms with van der Waals surface area (Å²) in [6.07, 6.45) is 4.63. The first-order valence-electron chi connectivity index (χ1n) is 12.6. The molecule has 2 heterocycles. The third kappa shape index (κ3) is 6.36. The Hall–Kier alpha value is -3.27. The van der Waals surface area contributed by atoms with Gasteiger partial charge in [-0.2, -0.15) is 0 Å². The highest BCUT2D eigenvalue weighted by atomic mass is 35.5. The molecule has 4 N–H and O–H groups in total. The maximum Gasteiger partial charge on any atom is 0.407 e. The summed E-state index contributed by atoms with van der Waals surface area (Å²) in [6.45, 7) is 4.94. The van der Waals surface area contributed by atoms with Crippen LogP contribution in [0.5, 0.6) is 0 Å². The molecule has 2 aromatic heterocycles. The summed E-state index contributed by atoms with van der Waals surface area (Å²) in [4.78, 5) is 36.0. The third-order valence-electron chi connectivity index (χ3n) is 6.54. The second kappa shape index (κ2) is 12.3. The van der Waals surface area contributed by atoms with Gasteiger partial charge in [-0.05, 0) is 68.0 Å². The van der Waals surface area contributed by atoms with Gasteiger partial charge in [0.25, 0.3) is 5.91 Å². The Balaban J connectivity index is 1.53. The van der Waals surface area contributed by atoms with E-state index in [0.29, 0.717) is 22.7 Å². The van der Waals surface area contributed by atoms with Crippen molar-refractivity contribution >= 4 is 34.5 Å². The molecule has 2 amide bonds. The van der Waals surface area contributed by atoms with Crippen molar-refractivity contribution in [3.05, 3.63) is 69.6 Å². The fourth-order valence-corrected chi connectivity index (χ4v) is 5.00. The quantitative estimate of drug-likeness (QED) is 0.220. The fourth-order valence-electron chi connectivity index (χ4n) is 4.64. The molecule has 196 valence electrons. The summed E-state index contributed by atoms with van der Waals surface area (Å²) in [5.74, 6) is 5.55. The number of rotatable bonds is 9. The van der Waals surface area contributed by atoms with Crippen molar-refractivity contribution in [2.45, 2.75) is 45.4 Å². The van der Waals surface area contributed by atoms with Crippen molar-refractivity contribution in [3.8, 4) is 0 Å². The number of aryl methyl sites for hydroxylation is 1. The van der Waals surface area contributed by atoms with Crippen LogP contribution in [-0.2, 0) is 17.6 Å². The van der Waals surface area contributed by atoms with Crippen LogP contribution in [0.3, 0.4) is 0 Å². The third-order valence-corrected chi connectivity index (χ3v) is 6.98. The van der Waals surface area contributed by atoms with E-state index in [2.05, 4.69) is 28.7 Å². The molecular formula is C27H33ClN6O3. The standard InChI is InChI=1S/C27H33ClN6O3/c1-3-12-37-27(36)31-10-11-34(16-32-29)26(35)19-5-7-21-24(15-19)33-23-14-18(4-6-20(23)25(21)28)22-13-17(2)8-9-30-22/h5,7-9,13,15,18,32H,3-4,6,10-12,14,16,29H2,1-2H3,(H,31,36). The van der Waals surface area contributed by atoms with Gasteiger partial charge in [-0.3, -0.25) is 20.6 Å². The lowest BCUT2D eigenvalue weighted by molar-refractivity contribution is 0.0740. The predicted molar refractivity (Wildman–Crippen MR) is 143 cm³/mol. The van der Waals surface area contributed by atoms with Gasteiger partial charge in [0.05, 0.1) is 23.8 Å². The Bertz CT molecular complexity index is 1280. The minimum atomic E-state index is -0.511. The number of carbonyl (C=O) groups excluding carboxylic acids is 2. The van der Waals surface area contributed by atoms with E-state index in [9.17, 15) is 9.59 Å². The number of nitrogens with zero attached hydrogens (tertiary/aromatic N) is 3. The lowest BCUT2D eigenvalue weighted by atomic mass is 9.83. The van der Waals surface area contributed by atoms with Crippen molar-refractivity contribution in [2.24, 2.45) is 5.84 Å². The summed E-state index contributed by atoms with van der Waals surface area (Å²) in [7, 11) is 0. The Morgan fingerprint density at radius 3 is 2.86 bits per heavy atom. The summed E-state index contributed by atoms with van der Waals surface area (Å²) in [6, 6.07) is 9.50. The molecule has 0 aliphatic heterocycles. The number of fused-ring (bicyclic) bond motifs is 2. The van der Waals surface area contributed by atoms with Crippen LogP contribution in [0.1, 0.15) is 58.6 Å². The van der Waals surface area contributed by atoms with Crippen LogP contribution < -0.4 is 16.6 Å². The van der Waals surface area contributed by atoms with Crippen LogP contribution in [-0.4, -0.2) is 53.2 Å². The van der Waals surface area contributed by atoms with E-state index in [1.165, 1.54) is 10.5 Å². The van der Waals surface area contributed by atoms with Crippen molar-refractivity contribution in [2.75, 3.05) is 26.4 Å². The van der Waals surface area contributed by atoms with Crippen LogP contribution in [0.2, 0.25) is 5.02 Å². The molecule has 37 heavy (non-hydrogen) atoms. The minimum Gasteiger partial charge on any atom is -0.450 e. The Morgan fingerprint density at radius 1 is 1.27 bits per heavy atom. The molecule has 10 heteroatoms. The van der Waals surface area contributed by atoms with Gasteiger partial charge in [-0.15, -0.1) is 0 Å². The van der Waals surface area contributed by atoms with Crippen LogP contribution in [0.25, 0.3) is 10.9 Å². The van der Waals surface area contributed by atoms with Crippen molar-refractivity contribution in [3.63, 3.8) is 0 Å². The van der Waals surface area contributed by atoms with Crippen LogP contribution in [0, 0.1) is 6.92 Å². The number of hydrogen-bond donors (Lipinski definition) is 3. The second-order valence-corrected chi connectivity index (χ2v) is 9.65. The maximum absolute atomic E-state index is 13.3. The van der Waals surface area contributed by atoms with Gasteiger partial charge in [0, 0.05) is 47.5 Å². The van der Waals surface area contributed by atoms with Crippen molar-refractivity contribution < 1.29 is 14.3 Å². The zero-order chi connectivity index (χ0) is 26.4. The van der Waals surface area contributed by atoms with Gasteiger partial charge in [-0.1, -0.05) is 24.6 Å². The zero-order valence-electron chi connectivity index (χ0n) is 21.2. The molecule has 1 aliphatic carbocycles. The number of aromatic nitrogens is 2. The molecule has 4 rings (SSSR count). The average Bonchev–Trinajstić information content (AvgIpc) is 2.90. The average molecular weight is 525 g/mol. The molecular weight excluding hydrogens is 492 g/mol. The van der Waals surface area contributed by atoms with Gasteiger partial charge < -0.3 is 15.0 Å². The number of ether oxygens (including phenoxy) is 1. The number of halogens is 1. The molecule has 0 radical (unpaired) electrons. The number of alkyl carbamates (subject to hydrolysis) is 1. The number of benzene rings is 1. The Labute approximate surface area is 221 Å². The number of hydrazine groups is 1. The Kier molecular flexibility index (Phi) is 8.91. The maximum atomic E-state index is 13.3. The molecule has 0 saturated carbocycles. The van der Waals surface area contributed by atoms with Gasteiger partial charge in [0.15, 0.2) is 0 Å². The number of nitrogens with one attached hydrogen (secondary N) is 2. The molecule has 0 bridgehead atoms. The molecule has 9 nitrogen and oxygen atoms in total. The van der Waals surface area contributed by atoms with E-state index in [1.54, 1.807) is 12.1 Å². The molecule has 1 aliphatic rings. The van der Waals surface area contributed by atoms with Gasteiger partial charge in [-0.25, -0.2) is 10.2 Å². The lowest BCUT2D eigenvalue weighted by Crippen LogP contribution is -2.45. The topological polar surface area (TPSA) is 122 Å². The number of carbonyl (C=O) groups is 2. The highest BCUT2D eigenvalue weighted by Crippen LogP contribution is 2.37. The molecule has 1 aromatic carbocycles. The van der Waals surface area contributed by atoms with Crippen molar-refractivity contribution in [1.29, 1.82) is 0 Å². The highest BCUT2D eigenvalue weighted by Gasteiger charge is 2.26. The molecule has 0 spiro atoms. The van der Waals surface area contributed by atoms with E-state index in [1.807, 2.05) is 25.3 Å². The lowest BCUT2D eigenvalue weighted by Gasteiger charge is -2.25. The van der Waals surface area contributed by atoms with E-state index < -0.39 is 6.09 Å². The van der Waals surface area contributed by atoms with E-state index in [-0.39, 0.29) is 31.6 Å². The number of amides is 2. The van der Waals surface area contributed by atoms with Gasteiger partial charge >= 0.3 is 6.09 Å². The Morgan fingerprint density at radius 2 is 2.11 bits per heavy atom. The SMILES string of the molecule is CCCOC(=O)NCCN(CNN)C(=O)c1ccc2c(Cl)c3c(nc2c1)CC(c1cc(C)ccn1)CC3. The van der Waals surface area contributed by atoms with Crippen LogP contribution in [0.15, 0.2) is 36.5 Å². The largest absolute Gasteiger partial charge is 0.450 e. The summed E-state index contributed by atoms with van der Waals surface area (Å²) in [5.41, 5.74) is 7.95. The smallest absolute Gasteiger partial charge is 0.407 e. The van der Waals surface area contributed by atoms with E-state index >= 15 is 0 Å². The molecule has 0 fully saturated rings. The zero-order valence-corrected chi connectivity index (χ0v) is 22.0. The summed E-state index contributed by atoms with van der Waals surface area (Å²) < 4.78 is 5.01. The minimum absolute atomic E-state index is 0.117. The van der Waals surface area contributed by atoms with Crippen LogP contribution >= 0.6 is 11.6 Å². The first-order valence-corrected chi connectivity index (χ1v) is 13.0. The van der Waals surface area contributed by atoms with Crippen LogP contribution in [0.4, 0.5) is 4.79 Å². The summed E-state index contributed by atoms with van der Waals surface area (Å²) in [5, 5.41) is 4.17. The van der Waals surface area contributed by atoms with E-state index in [4.69, 9.17) is 27.2 Å². The number of pyridine rings is 2. The first-order chi connectivity index (χ1) is 17.9. The number of nitrogens with two attached hydrogens (primary N) is 1. The normalized spacial score (nSPS) is 14.8. The van der Waals surface area contributed by atoms with E-state index in [0.717, 1.165) is 48.0 Å².